The first-order chi connectivity index (χ1) is 19.4. The van der Waals surface area contributed by atoms with Crippen molar-refractivity contribution >= 4 is 29.7 Å². The standard InChI is InChI=1S/C29H49N3O8S/c1-17(2)8-9-22-28(5,40-22)25-24(36-6)21(10-12-29(25)16-38-29)39-27(35)32-20(18(3)4)15-37-23(33)14-31-26(34)19(30)11-13-41-7/h8,18-22,24-25H,9-16,30H2,1-7H3,(H,31,34)(H,32,35). The molecule has 3 rings (SSSR count). The van der Waals surface area contributed by atoms with Crippen molar-refractivity contribution in [2.24, 2.45) is 17.6 Å². The molecule has 0 radical (unpaired) electrons. The number of hydrogen-bond donors (Lipinski definition) is 3. The molecule has 1 saturated carbocycles. The molecular weight excluding hydrogens is 550 g/mol. The Labute approximate surface area is 248 Å². The predicted molar refractivity (Wildman–Crippen MR) is 157 cm³/mol. The maximum Gasteiger partial charge on any atom is 0.407 e. The van der Waals surface area contributed by atoms with Gasteiger partial charge in [-0.25, -0.2) is 4.79 Å². The fourth-order valence-electron chi connectivity index (χ4n) is 5.69. The normalized spacial score (nSPS) is 31.6. The molecule has 234 valence electrons. The SMILES string of the molecule is COC1C(OC(=O)NC(COC(=O)CNC(=O)C(N)CCSC)C(C)C)CCC2(CO2)C1C1(C)OC1CC=C(C)C. The fraction of sp³-hybridized carbons (Fsp3) is 0.828. The molecule has 0 aromatic heterocycles. The minimum atomic E-state index is -0.677. The highest BCUT2D eigenvalue weighted by Crippen LogP contribution is 2.59. The summed E-state index contributed by atoms with van der Waals surface area (Å²) in [5, 5.41) is 5.35. The Kier molecular flexibility index (Phi) is 11.9. The quantitative estimate of drug-likeness (QED) is 0.145. The number of esters is 1. The summed E-state index contributed by atoms with van der Waals surface area (Å²) >= 11 is 1.60. The summed E-state index contributed by atoms with van der Waals surface area (Å²) in [6, 6.07) is -1.16. The number of hydrogen-bond acceptors (Lipinski definition) is 10. The van der Waals surface area contributed by atoms with Gasteiger partial charge in [0.1, 0.15) is 36.6 Å². The third-order valence-corrected chi connectivity index (χ3v) is 9.05. The van der Waals surface area contributed by atoms with Gasteiger partial charge in [0.2, 0.25) is 5.91 Å². The van der Waals surface area contributed by atoms with Crippen LogP contribution in [0.2, 0.25) is 0 Å². The molecule has 8 atom stereocenters. The van der Waals surface area contributed by atoms with E-state index < -0.39 is 41.8 Å². The van der Waals surface area contributed by atoms with Gasteiger partial charge in [-0.3, -0.25) is 9.59 Å². The highest BCUT2D eigenvalue weighted by atomic mass is 32.2. The molecular formula is C29H49N3O8S. The van der Waals surface area contributed by atoms with Crippen molar-refractivity contribution in [3.63, 3.8) is 0 Å². The number of thioether (sulfide) groups is 1. The third kappa shape index (κ3) is 8.82. The molecule has 12 heteroatoms. The zero-order chi connectivity index (χ0) is 30.4. The number of allylic oxidation sites excluding steroid dienone is 1. The van der Waals surface area contributed by atoms with Gasteiger partial charge in [0.15, 0.2) is 0 Å². The van der Waals surface area contributed by atoms with Crippen LogP contribution in [-0.2, 0) is 33.3 Å². The molecule has 2 aliphatic heterocycles. The zero-order valence-corrected chi connectivity index (χ0v) is 26.3. The van der Waals surface area contributed by atoms with E-state index in [0.29, 0.717) is 19.4 Å². The second-order valence-corrected chi connectivity index (χ2v) is 13.1. The van der Waals surface area contributed by atoms with E-state index in [4.69, 9.17) is 29.4 Å². The lowest BCUT2D eigenvalue weighted by molar-refractivity contribution is -0.145. The summed E-state index contributed by atoms with van der Waals surface area (Å²) in [6.45, 7) is 10.4. The van der Waals surface area contributed by atoms with Crippen LogP contribution in [-0.4, -0.2) is 98.4 Å². The lowest BCUT2D eigenvalue weighted by atomic mass is 9.68. The second-order valence-electron chi connectivity index (χ2n) is 12.1. The van der Waals surface area contributed by atoms with Gasteiger partial charge in [-0.05, 0) is 64.4 Å². The molecule has 2 amide bonds. The van der Waals surface area contributed by atoms with E-state index in [9.17, 15) is 14.4 Å². The van der Waals surface area contributed by atoms with E-state index >= 15 is 0 Å². The Morgan fingerprint density at radius 3 is 2.54 bits per heavy atom. The molecule has 3 aliphatic rings. The maximum atomic E-state index is 13.0. The molecule has 2 saturated heterocycles. The fourth-order valence-corrected chi connectivity index (χ4v) is 6.18. The van der Waals surface area contributed by atoms with Crippen LogP contribution < -0.4 is 16.4 Å². The van der Waals surface area contributed by atoms with Crippen molar-refractivity contribution in [2.75, 3.05) is 38.9 Å². The van der Waals surface area contributed by atoms with Gasteiger partial charge in [0.05, 0.1) is 30.7 Å². The predicted octanol–water partition coefficient (Wildman–Crippen LogP) is 2.55. The lowest BCUT2D eigenvalue weighted by Gasteiger charge is -2.42. The van der Waals surface area contributed by atoms with Crippen LogP contribution in [0.1, 0.15) is 60.3 Å². The number of amides is 2. The molecule has 1 aliphatic carbocycles. The van der Waals surface area contributed by atoms with E-state index in [-0.39, 0.29) is 42.8 Å². The number of carbonyl (C=O) groups excluding carboxylic acids is 3. The third-order valence-electron chi connectivity index (χ3n) is 8.40. The van der Waals surface area contributed by atoms with Gasteiger partial charge in [-0.15, -0.1) is 0 Å². The molecule has 0 aromatic rings. The van der Waals surface area contributed by atoms with E-state index in [2.05, 4.69) is 37.5 Å². The van der Waals surface area contributed by atoms with Crippen molar-refractivity contribution < 1.29 is 38.1 Å². The van der Waals surface area contributed by atoms with Crippen LogP contribution in [0, 0.1) is 11.8 Å². The minimum Gasteiger partial charge on any atom is -0.462 e. The summed E-state index contributed by atoms with van der Waals surface area (Å²) < 4.78 is 29.4. The van der Waals surface area contributed by atoms with E-state index in [1.54, 1.807) is 18.9 Å². The van der Waals surface area contributed by atoms with Crippen LogP contribution in [0.4, 0.5) is 4.79 Å². The molecule has 4 N–H and O–H groups in total. The second kappa shape index (κ2) is 14.5. The minimum absolute atomic E-state index is 0.0417. The average molecular weight is 600 g/mol. The van der Waals surface area contributed by atoms with E-state index in [1.165, 1.54) is 5.57 Å². The summed E-state index contributed by atoms with van der Waals surface area (Å²) in [7, 11) is 1.63. The Morgan fingerprint density at radius 2 is 1.95 bits per heavy atom. The van der Waals surface area contributed by atoms with Crippen LogP contribution in [0.25, 0.3) is 0 Å². The molecule has 11 nitrogen and oxygen atoms in total. The van der Waals surface area contributed by atoms with Crippen molar-refractivity contribution in [1.82, 2.24) is 10.6 Å². The average Bonchev–Trinajstić information content (AvgIpc) is 3.84. The number of ether oxygens (including phenoxy) is 5. The largest absolute Gasteiger partial charge is 0.462 e. The first-order valence-electron chi connectivity index (χ1n) is 14.5. The van der Waals surface area contributed by atoms with Crippen molar-refractivity contribution in [3.8, 4) is 0 Å². The summed E-state index contributed by atoms with van der Waals surface area (Å²) in [4.78, 5) is 37.3. The number of nitrogens with one attached hydrogen (secondary N) is 2. The summed E-state index contributed by atoms with van der Waals surface area (Å²) in [5.74, 6) is -0.375. The number of rotatable bonds is 15. The molecule has 0 bridgehead atoms. The monoisotopic (exact) mass is 599 g/mol. The van der Waals surface area contributed by atoms with E-state index in [0.717, 1.165) is 18.6 Å². The Morgan fingerprint density at radius 1 is 1.24 bits per heavy atom. The highest BCUT2D eigenvalue weighted by molar-refractivity contribution is 7.98. The van der Waals surface area contributed by atoms with Gasteiger partial charge in [0, 0.05) is 7.11 Å². The van der Waals surface area contributed by atoms with Crippen LogP contribution in [0.3, 0.4) is 0 Å². The Balaban J connectivity index is 1.52. The number of nitrogens with two attached hydrogens (primary N) is 1. The maximum absolute atomic E-state index is 13.0. The molecule has 8 unspecified atom stereocenters. The molecule has 3 fully saturated rings. The first kappa shape index (κ1) is 33.6. The molecule has 1 spiro atoms. The Hall–Kier alpha value is -1.86. The summed E-state index contributed by atoms with van der Waals surface area (Å²) in [5.41, 5.74) is 6.33. The van der Waals surface area contributed by atoms with Crippen molar-refractivity contribution in [3.05, 3.63) is 11.6 Å². The Bertz CT molecular complexity index is 954. The number of epoxide rings is 2. The van der Waals surface area contributed by atoms with Gasteiger partial charge in [-0.2, -0.15) is 11.8 Å². The van der Waals surface area contributed by atoms with Gasteiger partial charge in [-0.1, -0.05) is 25.5 Å². The topological polar surface area (TPSA) is 154 Å². The van der Waals surface area contributed by atoms with Crippen molar-refractivity contribution in [1.29, 1.82) is 0 Å². The molecule has 2 heterocycles. The van der Waals surface area contributed by atoms with Crippen LogP contribution >= 0.6 is 11.8 Å². The number of methoxy groups -OCH3 is 1. The smallest absolute Gasteiger partial charge is 0.407 e. The number of carbonyl (C=O) groups is 3. The van der Waals surface area contributed by atoms with Crippen molar-refractivity contribution in [2.45, 2.75) is 102 Å². The zero-order valence-electron chi connectivity index (χ0n) is 25.5. The lowest BCUT2D eigenvalue weighted by Crippen LogP contribution is -2.56. The first-order valence-corrected chi connectivity index (χ1v) is 15.9. The summed E-state index contributed by atoms with van der Waals surface area (Å²) in [6.07, 6.45) is 5.39. The van der Waals surface area contributed by atoms with Gasteiger partial charge >= 0.3 is 12.1 Å². The van der Waals surface area contributed by atoms with Crippen LogP contribution in [0.15, 0.2) is 11.6 Å². The highest BCUT2D eigenvalue weighted by Gasteiger charge is 2.72. The molecule has 41 heavy (non-hydrogen) atoms. The van der Waals surface area contributed by atoms with Gasteiger partial charge < -0.3 is 40.1 Å². The number of alkyl carbamates (subject to hydrolysis) is 1. The van der Waals surface area contributed by atoms with E-state index in [1.807, 2.05) is 20.1 Å². The molecule has 0 aromatic carbocycles. The van der Waals surface area contributed by atoms with Crippen LogP contribution in [0.5, 0.6) is 0 Å². The van der Waals surface area contributed by atoms with Gasteiger partial charge in [0.25, 0.3) is 0 Å².